The zero-order valence-electron chi connectivity index (χ0n) is 9.51. The normalized spacial score (nSPS) is 20.7. The molecule has 16 heavy (non-hydrogen) atoms. The van der Waals surface area contributed by atoms with E-state index < -0.39 is 5.97 Å². The summed E-state index contributed by atoms with van der Waals surface area (Å²) in [5, 5.41) is 9.89. The SMILES string of the molecule is CC(C)c1cnc(N2CCC(C(=O)O)C2)s1. The van der Waals surface area contributed by atoms with Gasteiger partial charge in [0.1, 0.15) is 0 Å². The third-order valence-electron chi connectivity index (χ3n) is 2.89. The van der Waals surface area contributed by atoms with Gasteiger partial charge in [-0.05, 0) is 12.3 Å². The predicted molar refractivity (Wildman–Crippen MR) is 64.2 cm³/mol. The fourth-order valence-corrected chi connectivity index (χ4v) is 2.78. The lowest BCUT2D eigenvalue weighted by Crippen LogP contribution is -2.22. The Balaban J connectivity index is 2.06. The Bertz CT molecular complexity index is 389. The van der Waals surface area contributed by atoms with E-state index in [2.05, 4.69) is 23.7 Å². The van der Waals surface area contributed by atoms with Crippen LogP contribution in [0.5, 0.6) is 0 Å². The van der Waals surface area contributed by atoms with Gasteiger partial charge < -0.3 is 10.0 Å². The summed E-state index contributed by atoms with van der Waals surface area (Å²) in [5.41, 5.74) is 0. The first kappa shape index (κ1) is 11.4. The number of thiazole rings is 1. The molecule has 0 radical (unpaired) electrons. The molecule has 0 aromatic carbocycles. The van der Waals surface area contributed by atoms with Gasteiger partial charge in [-0.1, -0.05) is 13.8 Å². The molecule has 0 bridgehead atoms. The van der Waals surface area contributed by atoms with Gasteiger partial charge in [0.2, 0.25) is 0 Å². The van der Waals surface area contributed by atoms with Gasteiger partial charge >= 0.3 is 5.97 Å². The van der Waals surface area contributed by atoms with Crippen LogP contribution in [0.1, 0.15) is 31.1 Å². The zero-order valence-corrected chi connectivity index (χ0v) is 10.3. The maximum Gasteiger partial charge on any atom is 0.308 e. The summed E-state index contributed by atoms with van der Waals surface area (Å²) in [6, 6.07) is 0. The van der Waals surface area contributed by atoms with Crippen molar-refractivity contribution >= 4 is 22.4 Å². The molecular formula is C11H16N2O2S. The van der Waals surface area contributed by atoms with E-state index in [0.29, 0.717) is 12.5 Å². The third-order valence-corrected chi connectivity index (χ3v) is 4.25. The van der Waals surface area contributed by atoms with Crippen LogP contribution in [-0.4, -0.2) is 29.1 Å². The van der Waals surface area contributed by atoms with E-state index in [1.807, 2.05) is 6.20 Å². The molecule has 1 aliphatic rings. The number of aliphatic carboxylic acids is 1. The van der Waals surface area contributed by atoms with Crippen molar-refractivity contribution in [2.24, 2.45) is 5.92 Å². The Morgan fingerprint density at radius 1 is 1.69 bits per heavy atom. The smallest absolute Gasteiger partial charge is 0.308 e. The Hall–Kier alpha value is -1.10. The van der Waals surface area contributed by atoms with Crippen molar-refractivity contribution in [1.82, 2.24) is 4.98 Å². The van der Waals surface area contributed by atoms with Gasteiger partial charge in [0.15, 0.2) is 5.13 Å². The number of carboxylic acids is 1. The molecule has 4 nitrogen and oxygen atoms in total. The molecule has 2 rings (SSSR count). The molecule has 1 fully saturated rings. The maximum atomic E-state index is 10.8. The lowest BCUT2D eigenvalue weighted by molar-refractivity contribution is -0.140. The van der Waals surface area contributed by atoms with Crippen molar-refractivity contribution in [3.63, 3.8) is 0 Å². The summed E-state index contributed by atoms with van der Waals surface area (Å²) in [6.07, 6.45) is 2.63. The number of carbonyl (C=O) groups is 1. The molecule has 0 saturated carbocycles. The summed E-state index contributed by atoms with van der Waals surface area (Å²) < 4.78 is 0. The van der Waals surface area contributed by atoms with E-state index in [0.717, 1.165) is 18.1 Å². The maximum absolute atomic E-state index is 10.8. The molecular weight excluding hydrogens is 224 g/mol. The molecule has 0 aliphatic carbocycles. The van der Waals surface area contributed by atoms with Crippen LogP contribution in [0.4, 0.5) is 5.13 Å². The van der Waals surface area contributed by atoms with E-state index in [9.17, 15) is 4.79 Å². The first-order valence-corrected chi connectivity index (χ1v) is 6.33. The number of hydrogen-bond donors (Lipinski definition) is 1. The third kappa shape index (κ3) is 2.19. The highest BCUT2D eigenvalue weighted by atomic mass is 32.1. The largest absolute Gasteiger partial charge is 0.481 e. The average molecular weight is 240 g/mol. The van der Waals surface area contributed by atoms with Crippen molar-refractivity contribution in [1.29, 1.82) is 0 Å². The van der Waals surface area contributed by atoms with Gasteiger partial charge in [0.25, 0.3) is 0 Å². The first-order chi connectivity index (χ1) is 7.58. The number of anilines is 1. The van der Waals surface area contributed by atoms with E-state index in [-0.39, 0.29) is 5.92 Å². The van der Waals surface area contributed by atoms with Crippen LogP contribution in [0.25, 0.3) is 0 Å². The van der Waals surface area contributed by atoms with Gasteiger partial charge in [0, 0.05) is 24.2 Å². The summed E-state index contributed by atoms with van der Waals surface area (Å²) in [4.78, 5) is 18.5. The van der Waals surface area contributed by atoms with Gasteiger partial charge in [-0.15, -0.1) is 11.3 Å². The van der Waals surface area contributed by atoms with Gasteiger partial charge in [-0.25, -0.2) is 4.98 Å². The second kappa shape index (κ2) is 4.41. The number of hydrogen-bond acceptors (Lipinski definition) is 4. The Morgan fingerprint density at radius 3 is 2.94 bits per heavy atom. The molecule has 1 atom stereocenters. The summed E-state index contributed by atoms with van der Waals surface area (Å²) in [7, 11) is 0. The van der Waals surface area contributed by atoms with Crippen molar-refractivity contribution < 1.29 is 9.90 Å². The summed E-state index contributed by atoms with van der Waals surface area (Å²) >= 11 is 1.67. The van der Waals surface area contributed by atoms with Crippen LogP contribution < -0.4 is 4.90 Å². The molecule has 1 aliphatic heterocycles. The second-order valence-electron chi connectivity index (χ2n) is 4.47. The first-order valence-electron chi connectivity index (χ1n) is 5.51. The Morgan fingerprint density at radius 2 is 2.44 bits per heavy atom. The number of rotatable bonds is 3. The highest BCUT2D eigenvalue weighted by Gasteiger charge is 2.29. The van der Waals surface area contributed by atoms with Crippen LogP contribution in [0.3, 0.4) is 0 Å². The molecule has 1 saturated heterocycles. The lowest BCUT2D eigenvalue weighted by Gasteiger charge is -2.13. The monoisotopic (exact) mass is 240 g/mol. The standard InChI is InChI=1S/C11H16N2O2S/c1-7(2)9-5-12-11(16-9)13-4-3-8(6-13)10(14)15/h5,7-8H,3-4,6H2,1-2H3,(H,14,15). The van der Waals surface area contributed by atoms with E-state index in [4.69, 9.17) is 5.11 Å². The quantitative estimate of drug-likeness (QED) is 0.879. The number of carboxylic acid groups (broad SMARTS) is 1. The molecule has 0 spiro atoms. The minimum absolute atomic E-state index is 0.230. The van der Waals surface area contributed by atoms with Crippen LogP contribution in [0.15, 0.2) is 6.20 Å². The minimum atomic E-state index is -0.692. The van der Waals surface area contributed by atoms with Crippen LogP contribution in [0.2, 0.25) is 0 Å². The second-order valence-corrected chi connectivity index (χ2v) is 5.51. The van der Waals surface area contributed by atoms with Gasteiger partial charge in [0.05, 0.1) is 5.92 Å². The van der Waals surface area contributed by atoms with Gasteiger partial charge in [-0.3, -0.25) is 4.79 Å². The predicted octanol–water partition coefficient (Wildman–Crippen LogP) is 2.18. The molecule has 2 heterocycles. The highest BCUT2D eigenvalue weighted by molar-refractivity contribution is 7.15. The molecule has 0 amide bonds. The van der Waals surface area contributed by atoms with Crippen molar-refractivity contribution in [3.05, 3.63) is 11.1 Å². The van der Waals surface area contributed by atoms with Crippen LogP contribution in [-0.2, 0) is 4.79 Å². The fraction of sp³-hybridized carbons (Fsp3) is 0.636. The van der Waals surface area contributed by atoms with E-state index >= 15 is 0 Å². The zero-order chi connectivity index (χ0) is 11.7. The topological polar surface area (TPSA) is 53.4 Å². The van der Waals surface area contributed by atoms with Gasteiger partial charge in [-0.2, -0.15) is 0 Å². The number of nitrogens with zero attached hydrogens (tertiary/aromatic N) is 2. The highest BCUT2D eigenvalue weighted by Crippen LogP contribution is 2.31. The Labute approximate surface area is 98.9 Å². The fourth-order valence-electron chi connectivity index (χ4n) is 1.83. The van der Waals surface area contributed by atoms with Crippen LogP contribution >= 0.6 is 11.3 Å². The average Bonchev–Trinajstić information content (AvgIpc) is 2.86. The summed E-state index contributed by atoms with van der Waals surface area (Å²) in [6.45, 7) is 5.69. The van der Waals surface area contributed by atoms with Crippen molar-refractivity contribution in [2.45, 2.75) is 26.2 Å². The molecule has 1 unspecified atom stereocenters. The minimum Gasteiger partial charge on any atom is -0.481 e. The van der Waals surface area contributed by atoms with Crippen molar-refractivity contribution in [3.8, 4) is 0 Å². The molecule has 1 N–H and O–H groups in total. The molecule has 1 aromatic heterocycles. The lowest BCUT2D eigenvalue weighted by atomic mass is 10.1. The van der Waals surface area contributed by atoms with Crippen molar-refractivity contribution in [2.75, 3.05) is 18.0 Å². The Kier molecular flexibility index (Phi) is 3.14. The molecule has 5 heteroatoms. The van der Waals surface area contributed by atoms with E-state index in [1.165, 1.54) is 4.88 Å². The molecule has 88 valence electrons. The molecule has 1 aromatic rings. The number of aromatic nitrogens is 1. The van der Waals surface area contributed by atoms with E-state index in [1.54, 1.807) is 11.3 Å². The van der Waals surface area contributed by atoms with Crippen LogP contribution in [0, 0.1) is 5.92 Å². The summed E-state index contributed by atoms with van der Waals surface area (Å²) in [5.74, 6) is -0.432.